The monoisotopic (exact) mass is 318 g/mol. The Bertz CT molecular complexity index is 722. The molecule has 0 atom stereocenters. The van der Waals surface area contributed by atoms with Gasteiger partial charge in [-0.2, -0.15) is 4.98 Å². The number of aromatic hydroxyl groups is 1. The van der Waals surface area contributed by atoms with Crippen molar-refractivity contribution in [3.63, 3.8) is 0 Å². The number of rotatable bonds is 2. The highest BCUT2D eigenvalue weighted by Crippen LogP contribution is 2.29. The average Bonchev–Trinajstić information content (AvgIpc) is 2.81. The van der Waals surface area contributed by atoms with Crippen LogP contribution in [0.15, 0.2) is 51.4 Å². The van der Waals surface area contributed by atoms with E-state index in [2.05, 4.69) is 20.9 Å². The van der Waals surface area contributed by atoms with E-state index in [0.717, 1.165) is 21.3 Å². The van der Waals surface area contributed by atoms with E-state index in [1.807, 2.05) is 30.1 Å². The van der Waals surface area contributed by atoms with E-state index in [0.29, 0.717) is 6.01 Å². The number of hydrogen-bond donors (Lipinski definition) is 1. The molecule has 0 aliphatic carbocycles. The fourth-order valence-electron chi connectivity index (χ4n) is 1.82. The van der Waals surface area contributed by atoms with Crippen LogP contribution in [0, 0.1) is 0 Å². The molecular formula is C14H11BrN2O2. The van der Waals surface area contributed by atoms with Crippen LogP contribution in [0.5, 0.6) is 5.75 Å². The number of phenols is 1. The van der Waals surface area contributed by atoms with E-state index in [1.54, 1.807) is 24.3 Å². The van der Waals surface area contributed by atoms with Gasteiger partial charge in [0.25, 0.3) is 0 Å². The number of nitrogens with zero attached hydrogens (tertiary/aromatic N) is 2. The van der Waals surface area contributed by atoms with Crippen molar-refractivity contribution in [3.8, 4) is 5.75 Å². The number of benzene rings is 2. The Morgan fingerprint density at radius 3 is 2.63 bits per heavy atom. The lowest BCUT2D eigenvalue weighted by Gasteiger charge is -2.14. The predicted molar refractivity (Wildman–Crippen MR) is 77.9 cm³/mol. The Labute approximate surface area is 118 Å². The molecule has 2 aromatic carbocycles. The normalized spacial score (nSPS) is 10.8. The molecule has 4 nitrogen and oxygen atoms in total. The third-order valence-electron chi connectivity index (χ3n) is 2.86. The zero-order valence-corrected chi connectivity index (χ0v) is 11.8. The smallest absolute Gasteiger partial charge is 0.302 e. The van der Waals surface area contributed by atoms with Crippen LogP contribution in [0.4, 0.5) is 11.7 Å². The second-order valence-electron chi connectivity index (χ2n) is 4.18. The zero-order valence-electron chi connectivity index (χ0n) is 10.2. The van der Waals surface area contributed by atoms with Crippen LogP contribution < -0.4 is 4.90 Å². The summed E-state index contributed by atoms with van der Waals surface area (Å²) in [6.45, 7) is 0. The highest BCUT2D eigenvalue weighted by Gasteiger charge is 2.12. The molecule has 96 valence electrons. The largest absolute Gasteiger partial charge is 0.508 e. The summed E-state index contributed by atoms with van der Waals surface area (Å²) in [5, 5.41) is 9.29. The average molecular weight is 319 g/mol. The van der Waals surface area contributed by atoms with Gasteiger partial charge in [-0.3, -0.25) is 4.90 Å². The highest BCUT2D eigenvalue weighted by atomic mass is 79.9. The third-order valence-corrected chi connectivity index (χ3v) is 3.36. The summed E-state index contributed by atoms with van der Waals surface area (Å²) < 4.78 is 6.67. The second-order valence-corrected chi connectivity index (χ2v) is 5.10. The van der Waals surface area contributed by atoms with Crippen LogP contribution in [0.3, 0.4) is 0 Å². The summed E-state index contributed by atoms with van der Waals surface area (Å²) in [6.07, 6.45) is 0. The Balaban J connectivity index is 2.01. The standard InChI is InChI=1S/C14H11BrN2O2/c1-17(10-3-5-11(18)6-4-10)14-16-12-7-2-9(15)8-13(12)19-14/h2-8,18H,1H3. The Morgan fingerprint density at radius 2 is 1.89 bits per heavy atom. The van der Waals surface area contributed by atoms with Gasteiger partial charge in [-0.25, -0.2) is 0 Å². The van der Waals surface area contributed by atoms with Gasteiger partial charge in [0.1, 0.15) is 11.3 Å². The molecule has 0 radical (unpaired) electrons. The minimum absolute atomic E-state index is 0.235. The molecule has 0 fully saturated rings. The molecular weight excluding hydrogens is 308 g/mol. The van der Waals surface area contributed by atoms with E-state index >= 15 is 0 Å². The van der Waals surface area contributed by atoms with Crippen molar-refractivity contribution in [3.05, 3.63) is 46.9 Å². The summed E-state index contributed by atoms with van der Waals surface area (Å²) in [7, 11) is 1.87. The van der Waals surface area contributed by atoms with Gasteiger partial charge >= 0.3 is 6.01 Å². The molecule has 0 saturated carbocycles. The maximum Gasteiger partial charge on any atom is 0.302 e. The lowest BCUT2D eigenvalue weighted by atomic mass is 10.3. The van der Waals surface area contributed by atoms with Crippen molar-refractivity contribution >= 4 is 38.7 Å². The Kier molecular flexibility index (Phi) is 2.91. The van der Waals surface area contributed by atoms with Gasteiger partial charge in [0.05, 0.1) is 0 Å². The zero-order chi connectivity index (χ0) is 13.4. The van der Waals surface area contributed by atoms with Gasteiger partial charge in [-0.15, -0.1) is 0 Å². The molecule has 3 aromatic rings. The van der Waals surface area contributed by atoms with E-state index < -0.39 is 0 Å². The molecule has 0 amide bonds. The summed E-state index contributed by atoms with van der Waals surface area (Å²) in [4.78, 5) is 6.26. The molecule has 1 N–H and O–H groups in total. The fourth-order valence-corrected chi connectivity index (χ4v) is 2.16. The van der Waals surface area contributed by atoms with E-state index in [1.165, 1.54) is 0 Å². The molecule has 0 bridgehead atoms. The van der Waals surface area contributed by atoms with Crippen molar-refractivity contribution in [1.82, 2.24) is 4.98 Å². The minimum Gasteiger partial charge on any atom is -0.508 e. The van der Waals surface area contributed by atoms with Gasteiger partial charge in [0, 0.05) is 17.2 Å². The summed E-state index contributed by atoms with van der Waals surface area (Å²) in [5.41, 5.74) is 2.43. The van der Waals surface area contributed by atoms with E-state index in [9.17, 15) is 5.11 Å². The van der Waals surface area contributed by atoms with Crippen molar-refractivity contribution in [2.24, 2.45) is 0 Å². The number of halogens is 1. The quantitative estimate of drug-likeness (QED) is 0.774. The van der Waals surface area contributed by atoms with E-state index in [-0.39, 0.29) is 5.75 Å². The van der Waals surface area contributed by atoms with Crippen LogP contribution in [0.1, 0.15) is 0 Å². The second kappa shape index (κ2) is 4.59. The molecule has 3 rings (SSSR count). The van der Waals surface area contributed by atoms with Gasteiger partial charge in [-0.05, 0) is 42.5 Å². The maximum atomic E-state index is 9.29. The van der Waals surface area contributed by atoms with Crippen LogP contribution in [0.25, 0.3) is 11.1 Å². The SMILES string of the molecule is CN(c1ccc(O)cc1)c1nc2ccc(Br)cc2o1. The molecule has 0 unspecified atom stereocenters. The van der Waals surface area contributed by atoms with Crippen LogP contribution in [0.2, 0.25) is 0 Å². The Hall–Kier alpha value is -2.01. The molecule has 0 spiro atoms. The number of phenolic OH excluding ortho intramolecular Hbond substituents is 1. The molecule has 1 aromatic heterocycles. The first-order valence-corrected chi connectivity index (χ1v) is 6.51. The maximum absolute atomic E-state index is 9.29. The number of anilines is 2. The highest BCUT2D eigenvalue weighted by molar-refractivity contribution is 9.10. The first kappa shape index (κ1) is 12.0. The summed E-state index contributed by atoms with van der Waals surface area (Å²) in [6, 6.07) is 13.1. The number of oxazole rings is 1. The molecule has 19 heavy (non-hydrogen) atoms. The molecule has 1 heterocycles. The molecule has 5 heteroatoms. The lowest BCUT2D eigenvalue weighted by molar-refractivity contribution is 0.475. The topological polar surface area (TPSA) is 49.5 Å². The molecule has 0 aliphatic rings. The van der Waals surface area contributed by atoms with Gasteiger partial charge in [-0.1, -0.05) is 15.9 Å². The Morgan fingerprint density at radius 1 is 1.16 bits per heavy atom. The number of fused-ring (bicyclic) bond motifs is 1. The van der Waals surface area contributed by atoms with Gasteiger partial charge < -0.3 is 9.52 Å². The van der Waals surface area contributed by atoms with Crippen molar-refractivity contribution in [2.75, 3.05) is 11.9 Å². The number of hydrogen-bond acceptors (Lipinski definition) is 4. The fraction of sp³-hybridized carbons (Fsp3) is 0.0714. The molecule has 0 aliphatic heterocycles. The number of aromatic nitrogens is 1. The molecule has 0 saturated heterocycles. The van der Waals surface area contributed by atoms with Gasteiger partial charge in [0.15, 0.2) is 5.58 Å². The lowest BCUT2D eigenvalue weighted by Crippen LogP contribution is -2.09. The summed E-state index contributed by atoms with van der Waals surface area (Å²) >= 11 is 3.40. The van der Waals surface area contributed by atoms with Crippen molar-refractivity contribution < 1.29 is 9.52 Å². The predicted octanol–water partition coefficient (Wildman–Crippen LogP) is 4.06. The first-order valence-electron chi connectivity index (χ1n) is 5.72. The van der Waals surface area contributed by atoms with Crippen molar-refractivity contribution in [1.29, 1.82) is 0 Å². The van der Waals surface area contributed by atoms with E-state index in [4.69, 9.17) is 4.42 Å². The van der Waals surface area contributed by atoms with Crippen LogP contribution in [-0.4, -0.2) is 17.1 Å². The first-order chi connectivity index (χ1) is 9.13. The van der Waals surface area contributed by atoms with Crippen molar-refractivity contribution in [2.45, 2.75) is 0 Å². The van der Waals surface area contributed by atoms with Crippen LogP contribution in [-0.2, 0) is 0 Å². The third kappa shape index (κ3) is 2.29. The summed E-state index contributed by atoms with van der Waals surface area (Å²) in [5.74, 6) is 0.235. The van der Waals surface area contributed by atoms with Gasteiger partial charge in [0.2, 0.25) is 0 Å². The van der Waals surface area contributed by atoms with Crippen LogP contribution >= 0.6 is 15.9 Å². The minimum atomic E-state index is 0.235.